The van der Waals surface area contributed by atoms with Crippen molar-refractivity contribution in [1.29, 1.82) is 0 Å². The predicted octanol–water partition coefficient (Wildman–Crippen LogP) is 1.89. The molecule has 0 saturated carbocycles. The third-order valence-corrected chi connectivity index (χ3v) is 3.50. The zero-order valence-corrected chi connectivity index (χ0v) is 12.3. The number of hydrogen-bond acceptors (Lipinski definition) is 4. The van der Waals surface area contributed by atoms with Crippen molar-refractivity contribution >= 4 is 11.2 Å². The van der Waals surface area contributed by atoms with Crippen molar-refractivity contribution < 1.29 is 4.73 Å². The average molecular weight is 296 g/mol. The van der Waals surface area contributed by atoms with Crippen LogP contribution in [0.3, 0.4) is 0 Å². The van der Waals surface area contributed by atoms with Gasteiger partial charge in [0.25, 0.3) is 5.56 Å². The molecule has 22 heavy (non-hydrogen) atoms. The zero-order chi connectivity index (χ0) is 15.5. The van der Waals surface area contributed by atoms with Gasteiger partial charge in [-0.05, 0) is 11.4 Å². The van der Waals surface area contributed by atoms with Gasteiger partial charge in [0.05, 0.1) is 0 Å². The highest BCUT2D eigenvalue weighted by atomic mass is 16.5. The minimum absolute atomic E-state index is 0.0532. The highest BCUT2D eigenvalue weighted by Gasteiger charge is 2.16. The molecule has 6 heteroatoms. The first-order valence-electron chi connectivity index (χ1n) is 7.25. The van der Waals surface area contributed by atoms with Crippen LogP contribution in [0.4, 0.5) is 0 Å². The minimum atomic E-state index is -0.277. The normalized spacial score (nSPS) is 11.0. The van der Waals surface area contributed by atoms with Gasteiger partial charge in [-0.1, -0.05) is 43.7 Å². The van der Waals surface area contributed by atoms with E-state index >= 15 is 0 Å². The summed E-state index contributed by atoms with van der Waals surface area (Å²) < 4.78 is 2.11. The van der Waals surface area contributed by atoms with Crippen LogP contribution >= 0.6 is 0 Å². The highest BCUT2D eigenvalue weighted by Crippen LogP contribution is 2.15. The van der Waals surface area contributed by atoms with Gasteiger partial charge < -0.3 is 5.21 Å². The van der Waals surface area contributed by atoms with E-state index in [1.165, 1.54) is 17.1 Å². The first kappa shape index (κ1) is 14.2. The van der Waals surface area contributed by atoms with Crippen LogP contribution in [0.5, 0.6) is 0 Å². The lowest BCUT2D eigenvalue weighted by Crippen LogP contribution is -2.33. The highest BCUT2D eigenvalue weighted by molar-refractivity contribution is 5.69. The first-order valence-corrected chi connectivity index (χ1v) is 7.25. The molecule has 3 aromatic rings. The standard InChI is InChI=1S/C16H16N4O2/c1-2-3-9-19-11-17-15-14(16(19)21)18-13(10-20(15)22)12-7-5-4-6-8-12/h4-8,10-11H,2-3,9H2,1H3. The Morgan fingerprint density at radius 1 is 1.27 bits per heavy atom. The van der Waals surface area contributed by atoms with E-state index in [-0.39, 0.29) is 16.7 Å². The minimum Gasteiger partial charge on any atom is -0.710 e. The van der Waals surface area contributed by atoms with E-state index in [0.29, 0.717) is 17.0 Å². The van der Waals surface area contributed by atoms with Crippen LogP contribution in [0.25, 0.3) is 22.4 Å². The van der Waals surface area contributed by atoms with Crippen molar-refractivity contribution in [3.63, 3.8) is 0 Å². The molecule has 0 bridgehead atoms. The summed E-state index contributed by atoms with van der Waals surface area (Å²) >= 11 is 0. The summed E-state index contributed by atoms with van der Waals surface area (Å²) in [5.41, 5.74) is 1.14. The number of unbranched alkanes of at least 4 members (excludes halogenated alkanes) is 1. The van der Waals surface area contributed by atoms with Crippen LogP contribution in [-0.4, -0.2) is 14.5 Å². The van der Waals surface area contributed by atoms with Crippen LogP contribution in [0.2, 0.25) is 0 Å². The Kier molecular flexibility index (Phi) is 3.82. The van der Waals surface area contributed by atoms with E-state index in [0.717, 1.165) is 18.4 Å². The fraction of sp³-hybridized carbons (Fsp3) is 0.250. The van der Waals surface area contributed by atoms with Gasteiger partial charge in [-0.15, -0.1) is 0 Å². The summed E-state index contributed by atoms with van der Waals surface area (Å²) in [4.78, 5) is 20.9. The molecule has 0 spiro atoms. The van der Waals surface area contributed by atoms with Crippen molar-refractivity contribution in [1.82, 2.24) is 14.5 Å². The maximum atomic E-state index is 12.5. The van der Waals surface area contributed by atoms with Crippen molar-refractivity contribution in [2.75, 3.05) is 0 Å². The molecular formula is C16H16N4O2. The molecule has 2 aromatic heterocycles. The quantitative estimate of drug-likeness (QED) is 0.544. The smallest absolute Gasteiger partial charge is 0.359 e. The molecule has 0 fully saturated rings. The molecule has 0 N–H and O–H groups in total. The number of benzene rings is 1. The van der Waals surface area contributed by atoms with Crippen molar-refractivity contribution in [3.8, 4) is 11.3 Å². The lowest BCUT2D eigenvalue weighted by Gasteiger charge is -2.08. The van der Waals surface area contributed by atoms with Gasteiger partial charge in [-0.2, -0.15) is 0 Å². The molecule has 0 aliphatic carbocycles. The lowest BCUT2D eigenvalue weighted by atomic mass is 10.2. The molecule has 0 saturated heterocycles. The topological polar surface area (TPSA) is 74.7 Å². The van der Waals surface area contributed by atoms with Crippen LogP contribution in [0, 0.1) is 5.21 Å². The van der Waals surface area contributed by atoms with Crippen molar-refractivity contribution in [3.05, 3.63) is 58.4 Å². The van der Waals surface area contributed by atoms with Gasteiger partial charge in [0.15, 0.2) is 0 Å². The fourth-order valence-corrected chi connectivity index (χ4v) is 2.29. The lowest BCUT2D eigenvalue weighted by molar-refractivity contribution is -0.579. The summed E-state index contributed by atoms with van der Waals surface area (Å²) in [6.07, 6.45) is 4.62. The Morgan fingerprint density at radius 3 is 2.77 bits per heavy atom. The zero-order valence-electron chi connectivity index (χ0n) is 12.3. The summed E-state index contributed by atoms with van der Waals surface area (Å²) in [5, 5.41) is 12.1. The van der Waals surface area contributed by atoms with Crippen molar-refractivity contribution in [2.45, 2.75) is 26.3 Å². The molecule has 0 aliphatic heterocycles. The van der Waals surface area contributed by atoms with Crippen LogP contribution in [0.15, 0.2) is 47.7 Å². The van der Waals surface area contributed by atoms with E-state index in [1.54, 1.807) is 0 Å². The molecule has 1 aromatic carbocycles. The van der Waals surface area contributed by atoms with Gasteiger partial charge in [-0.3, -0.25) is 9.36 Å². The van der Waals surface area contributed by atoms with Gasteiger partial charge in [0.1, 0.15) is 11.9 Å². The Balaban J connectivity index is 2.19. The number of fused-ring (bicyclic) bond motifs is 1. The maximum absolute atomic E-state index is 12.5. The number of aryl methyl sites for hydroxylation is 1. The molecule has 0 amide bonds. The molecular weight excluding hydrogens is 280 g/mol. The van der Waals surface area contributed by atoms with Gasteiger partial charge in [0.2, 0.25) is 11.8 Å². The van der Waals surface area contributed by atoms with Gasteiger partial charge >= 0.3 is 5.65 Å². The number of rotatable bonds is 4. The maximum Gasteiger partial charge on any atom is 0.359 e. The molecule has 0 radical (unpaired) electrons. The molecule has 6 nitrogen and oxygen atoms in total. The van der Waals surface area contributed by atoms with Crippen LogP contribution in [0.1, 0.15) is 19.8 Å². The molecule has 0 atom stereocenters. The van der Waals surface area contributed by atoms with E-state index in [4.69, 9.17) is 0 Å². The summed E-state index contributed by atoms with van der Waals surface area (Å²) in [6.45, 7) is 2.63. The fourth-order valence-electron chi connectivity index (χ4n) is 2.29. The van der Waals surface area contributed by atoms with Crippen LogP contribution in [-0.2, 0) is 6.54 Å². The van der Waals surface area contributed by atoms with E-state index in [9.17, 15) is 10.0 Å². The van der Waals surface area contributed by atoms with Gasteiger partial charge in [-0.25, -0.2) is 9.71 Å². The summed E-state index contributed by atoms with van der Waals surface area (Å²) in [6, 6.07) is 9.30. The Hall–Kier alpha value is -2.76. The second-order valence-electron chi connectivity index (χ2n) is 5.09. The number of nitrogens with zero attached hydrogens (tertiary/aromatic N) is 4. The Morgan fingerprint density at radius 2 is 2.05 bits per heavy atom. The molecule has 0 aliphatic rings. The van der Waals surface area contributed by atoms with E-state index < -0.39 is 0 Å². The molecule has 2 heterocycles. The first-order chi connectivity index (χ1) is 10.7. The van der Waals surface area contributed by atoms with Gasteiger partial charge in [0, 0.05) is 12.1 Å². The molecule has 112 valence electrons. The Bertz CT molecular complexity index is 859. The van der Waals surface area contributed by atoms with Crippen molar-refractivity contribution in [2.24, 2.45) is 0 Å². The number of aromatic nitrogens is 4. The molecule has 3 rings (SSSR count). The van der Waals surface area contributed by atoms with Crippen LogP contribution < -0.4 is 10.3 Å². The van der Waals surface area contributed by atoms with E-state index in [2.05, 4.69) is 16.9 Å². The third-order valence-electron chi connectivity index (χ3n) is 3.50. The SMILES string of the molecule is CCCCn1cnc2c(nc(-c3ccccc3)c[n+]2[O-])c1=O. The Labute approximate surface area is 127 Å². The summed E-state index contributed by atoms with van der Waals surface area (Å²) in [7, 11) is 0. The second kappa shape index (κ2) is 5.93. The number of hydrogen-bond donors (Lipinski definition) is 0. The average Bonchev–Trinajstić information content (AvgIpc) is 2.55. The summed E-state index contributed by atoms with van der Waals surface area (Å²) in [5.74, 6) is 0. The largest absolute Gasteiger partial charge is 0.710 e. The predicted molar refractivity (Wildman–Crippen MR) is 83.1 cm³/mol. The van der Waals surface area contributed by atoms with E-state index in [1.807, 2.05) is 30.3 Å². The third kappa shape index (κ3) is 2.55. The molecule has 0 unspecified atom stereocenters. The second-order valence-corrected chi connectivity index (χ2v) is 5.09. The monoisotopic (exact) mass is 296 g/mol.